The van der Waals surface area contributed by atoms with Crippen LogP contribution in [0.2, 0.25) is 0 Å². The van der Waals surface area contributed by atoms with E-state index in [1.54, 1.807) is 0 Å². The van der Waals surface area contributed by atoms with Crippen molar-refractivity contribution in [3.63, 3.8) is 0 Å². The normalized spacial score (nSPS) is 13.6. The van der Waals surface area contributed by atoms with Gasteiger partial charge in [0.25, 0.3) is 0 Å². The molecule has 5 nitrogen and oxygen atoms in total. The number of aliphatic hydroxyl groups is 3. The van der Waals surface area contributed by atoms with Crippen molar-refractivity contribution in [3.8, 4) is 0 Å². The fourth-order valence-corrected chi connectivity index (χ4v) is 7.10. The zero-order valence-electron chi connectivity index (χ0n) is 33.8. The third-order valence-corrected chi connectivity index (χ3v) is 10.6. The molecule has 0 heterocycles. The molecule has 0 rings (SSSR count). The lowest BCUT2D eigenvalue weighted by Crippen LogP contribution is -2.50. The van der Waals surface area contributed by atoms with Gasteiger partial charge in [-0.3, -0.25) is 4.79 Å². The highest BCUT2D eigenvalue weighted by Crippen LogP contribution is 2.16. The first-order chi connectivity index (χ1) is 24.6. The van der Waals surface area contributed by atoms with Crippen LogP contribution in [0.4, 0.5) is 0 Å². The van der Waals surface area contributed by atoms with Crippen LogP contribution >= 0.6 is 0 Å². The Morgan fingerprint density at radius 1 is 0.480 bits per heavy atom. The van der Waals surface area contributed by atoms with Crippen molar-refractivity contribution in [2.45, 2.75) is 263 Å². The van der Waals surface area contributed by atoms with Crippen molar-refractivity contribution in [1.82, 2.24) is 5.32 Å². The van der Waals surface area contributed by atoms with Crippen LogP contribution in [-0.4, -0.2) is 46.1 Å². The number of hydrogen-bond donors (Lipinski definition) is 4. The van der Waals surface area contributed by atoms with E-state index in [9.17, 15) is 20.1 Å². The van der Waals surface area contributed by atoms with E-state index in [-0.39, 0.29) is 12.5 Å². The molecule has 0 fully saturated rings. The van der Waals surface area contributed by atoms with Crippen molar-refractivity contribution < 1.29 is 20.1 Å². The van der Waals surface area contributed by atoms with E-state index in [4.69, 9.17) is 0 Å². The first-order valence-electron chi connectivity index (χ1n) is 22.5. The molecular weight excluding hydrogens is 618 g/mol. The van der Waals surface area contributed by atoms with Crippen LogP contribution in [0, 0.1) is 0 Å². The van der Waals surface area contributed by atoms with Gasteiger partial charge in [0.2, 0.25) is 5.91 Å². The molecule has 0 bridgehead atoms. The predicted molar refractivity (Wildman–Crippen MR) is 218 cm³/mol. The first kappa shape index (κ1) is 49.1. The van der Waals surface area contributed by atoms with Crippen LogP contribution < -0.4 is 5.32 Å². The molecule has 0 saturated carbocycles. The number of allylic oxidation sites excluding steroid dienone is 2. The average Bonchev–Trinajstić information content (AvgIpc) is 3.12. The Labute approximate surface area is 312 Å². The summed E-state index contributed by atoms with van der Waals surface area (Å²) in [5.41, 5.74) is 0. The third-order valence-electron chi connectivity index (χ3n) is 10.6. The van der Waals surface area contributed by atoms with E-state index in [0.717, 1.165) is 38.5 Å². The van der Waals surface area contributed by atoms with Crippen LogP contribution in [0.5, 0.6) is 0 Å². The van der Waals surface area contributed by atoms with Crippen LogP contribution in [0.1, 0.15) is 245 Å². The second-order valence-corrected chi connectivity index (χ2v) is 15.6. The van der Waals surface area contributed by atoms with Gasteiger partial charge in [-0.1, -0.05) is 212 Å². The quantitative estimate of drug-likeness (QED) is 0.0376. The van der Waals surface area contributed by atoms with Gasteiger partial charge in [-0.15, -0.1) is 0 Å². The van der Waals surface area contributed by atoms with Gasteiger partial charge in [-0.05, 0) is 38.5 Å². The SMILES string of the molecule is CCCCCCCCCCCCC/C=C/CCCC(O)C(O)C(CO)NC(=O)CCCCCCCCCCCCCCCCCCCCCC. The van der Waals surface area contributed by atoms with Crippen molar-refractivity contribution in [3.05, 3.63) is 12.2 Å². The van der Waals surface area contributed by atoms with Gasteiger partial charge in [0.15, 0.2) is 0 Å². The van der Waals surface area contributed by atoms with Crippen molar-refractivity contribution >= 4 is 5.91 Å². The Bertz CT molecular complexity index is 699. The fraction of sp³-hybridized carbons (Fsp3) is 0.933. The van der Waals surface area contributed by atoms with Crippen molar-refractivity contribution in [2.24, 2.45) is 0 Å². The van der Waals surface area contributed by atoms with Crippen molar-refractivity contribution in [1.29, 1.82) is 0 Å². The Kier molecular flexibility index (Phi) is 40.1. The Morgan fingerprint density at radius 2 is 0.800 bits per heavy atom. The Balaban J connectivity index is 3.62. The smallest absolute Gasteiger partial charge is 0.220 e. The van der Waals surface area contributed by atoms with Gasteiger partial charge in [0, 0.05) is 6.42 Å². The molecule has 3 unspecified atom stereocenters. The predicted octanol–water partition coefficient (Wildman–Crippen LogP) is 12.8. The summed E-state index contributed by atoms with van der Waals surface area (Å²) in [6.07, 6.45) is 47.5. The number of carbonyl (C=O) groups is 1. The van der Waals surface area contributed by atoms with E-state index < -0.39 is 18.2 Å². The summed E-state index contributed by atoms with van der Waals surface area (Å²) in [5, 5.41) is 33.5. The molecule has 0 radical (unpaired) electrons. The zero-order valence-corrected chi connectivity index (χ0v) is 33.8. The number of rotatable bonds is 41. The molecule has 0 aliphatic rings. The molecule has 298 valence electrons. The van der Waals surface area contributed by atoms with Gasteiger partial charge in [-0.2, -0.15) is 0 Å². The molecular formula is C45H89NO4. The number of amides is 1. The molecule has 0 aliphatic heterocycles. The maximum atomic E-state index is 12.4. The molecule has 50 heavy (non-hydrogen) atoms. The minimum atomic E-state index is -1.15. The van der Waals surface area contributed by atoms with E-state index >= 15 is 0 Å². The zero-order chi connectivity index (χ0) is 36.6. The van der Waals surface area contributed by atoms with Crippen molar-refractivity contribution in [2.75, 3.05) is 6.61 Å². The van der Waals surface area contributed by atoms with E-state index in [1.807, 2.05) is 0 Å². The molecule has 0 saturated heterocycles. The number of unbranched alkanes of at least 4 members (excludes halogenated alkanes) is 31. The standard InChI is InChI=1S/C45H89NO4/c1-3-5-7-9-11-13-15-17-19-21-22-23-24-26-28-30-32-34-36-38-40-44(49)46-42(41-47)45(50)43(48)39-37-35-33-31-29-27-25-20-18-16-14-12-10-8-6-4-2/h31,33,42-43,45,47-48,50H,3-30,32,34-41H2,1-2H3,(H,46,49)/b33-31+. The monoisotopic (exact) mass is 708 g/mol. The minimum absolute atomic E-state index is 0.150. The van der Waals surface area contributed by atoms with Crippen LogP contribution in [-0.2, 0) is 4.79 Å². The second-order valence-electron chi connectivity index (χ2n) is 15.6. The minimum Gasteiger partial charge on any atom is -0.394 e. The van der Waals surface area contributed by atoms with Gasteiger partial charge in [-0.25, -0.2) is 0 Å². The van der Waals surface area contributed by atoms with E-state index in [0.29, 0.717) is 12.8 Å². The average molecular weight is 708 g/mol. The molecule has 0 aliphatic carbocycles. The molecule has 0 aromatic carbocycles. The molecule has 3 atom stereocenters. The molecule has 5 heteroatoms. The van der Waals surface area contributed by atoms with Gasteiger partial charge in [0.05, 0.1) is 18.8 Å². The number of aliphatic hydroxyl groups excluding tert-OH is 3. The maximum Gasteiger partial charge on any atom is 0.220 e. The summed E-state index contributed by atoms with van der Waals surface area (Å²) in [5.74, 6) is -0.150. The van der Waals surface area contributed by atoms with E-state index in [1.165, 1.54) is 180 Å². The molecule has 0 spiro atoms. The first-order valence-corrected chi connectivity index (χ1v) is 22.5. The number of carbonyl (C=O) groups excluding carboxylic acids is 1. The lowest BCUT2D eigenvalue weighted by molar-refractivity contribution is -0.124. The summed E-state index contributed by atoms with van der Waals surface area (Å²) >= 11 is 0. The summed E-state index contributed by atoms with van der Waals surface area (Å²) < 4.78 is 0. The summed E-state index contributed by atoms with van der Waals surface area (Å²) in [6.45, 7) is 4.18. The largest absolute Gasteiger partial charge is 0.394 e. The lowest BCUT2D eigenvalue weighted by atomic mass is 10.0. The number of nitrogens with one attached hydrogen (secondary N) is 1. The molecule has 0 aromatic rings. The summed E-state index contributed by atoms with van der Waals surface area (Å²) in [7, 11) is 0. The summed E-state index contributed by atoms with van der Waals surface area (Å²) in [4.78, 5) is 12.4. The van der Waals surface area contributed by atoms with Crippen LogP contribution in [0.15, 0.2) is 12.2 Å². The molecule has 4 N–H and O–H groups in total. The number of hydrogen-bond acceptors (Lipinski definition) is 4. The molecule has 0 aromatic heterocycles. The van der Waals surface area contributed by atoms with Gasteiger partial charge in [0.1, 0.15) is 6.10 Å². The van der Waals surface area contributed by atoms with Gasteiger partial charge < -0.3 is 20.6 Å². The van der Waals surface area contributed by atoms with Gasteiger partial charge >= 0.3 is 0 Å². The Hall–Kier alpha value is -0.910. The lowest BCUT2D eigenvalue weighted by Gasteiger charge is -2.26. The fourth-order valence-electron chi connectivity index (χ4n) is 7.10. The van der Waals surface area contributed by atoms with Crippen LogP contribution in [0.3, 0.4) is 0 Å². The highest BCUT2D eigenvalue weighted by molar-refractivity contribution is 5.76. The van der Waals surface area contributed by atoms with E-state index in [2.05, 4.69) is 31.3 Å². The Morgan fingerprint density at radius 3 is 1.16 bits per heavy atom. The maximum absolute atomic E-state index is 12.4. The second kappa shape index (κ2) is 40.9. The molecule has 1 amide bonds. The topological polar surface area (TPSA) is 89.8 Å². The van der Waals surface area contributed by atoms with Crippen LogP contribution in [0.25, 0.3) is 0 Å². The highest BCUT2D eigenvalue weighted by Gasteiger charge is 2.26. The third kappa shape index (κ3) is 35.5. The summed E-state index contributed by atoms with van der Waals surface area (Å²) in [6, 6.07) is -0.820. The highest BCUT2D eigenvalue weighted by atomic mass is 16.3.